The molecule has 0 radical (unpaired) electrons. The molecule has 2 unspecified atom stereocenters. The summed E-state index contributed by atoms with van der Waals surface area (Å²) in [5.41, 5.74) is 0. The smallest absolute Gasteiger partial charge is 0.330 e. The Hall–Kier alpha value is -0.870. The molecule has 0 spiro atoms. The van der Waals surface area contributed by atoms with Gasteiger partial charge in [-0.25, -0.2) is 4.79 Å². The maximum atomic E-state index is 10.7. The molecular weight excluding hydrogens is 158 g/mol. The van der Waals surface area contributed by atoms with Gasteiger partial charge in [0.15, 0.2) is 0 Å². The normalized spacial score (nSPS) is 29.5. The molecule has 0 amide bonds. The standard InChI is InChI=1S/C8H13NO3/c1-6-5-12-7(9-6)3-4-8(10)11-2/h3-4,6-7,9H,5H2,1-2H3. The molecule has 1 aliphatic heterocycles. The first-order valence-electron chi connectivity index (χ1n) is 3.86. The third-order valence-electron chi connectivity index (χ3n) is 1.58. The zero-order valence-electron chi connectivity index (χ0n) is 7.24. The van der Waals surface area contributed by atoms with E-state index >= 15 is 0 Å². The predicted octanol–water partition coefficient (Wildman–Crippen LogP) is 0.0500. The molecule has 1 saturated heterocycles. The van der Waals surface area contributed by atoms with Gasteiger partial charge in [-0.2, -0.15) is 0 Å². The molecular formula is C8H13NO3. The topological polar surface area (TPSA) is 47.6 Å². The van der Waals surface area contributed by atoms with Crippen LogP contribution in [-0.4, -0.2) is 32.0 Å². The van der Waals surface area contributed by atoms with Crippen LogP contribution in [0, 0.1) is 0 Å². The van der Waals surface area contributed by atoms with E-state index in [4.69, 9.17) is 4.74 Å². The Bertz CT molecular complexity index is 191. The van der Waals surface area contributed by atoms with E-state index in [1.54, 1.807) is 6.08 Å². The largest absolute Gasteiger partial charge is 0.466 e. The lowest BCUT2D eigenvalue weighted by Gasteiger charge is -2.02. The second kappa shape index (κ2) is 4.23. The summed E-state index contributed by atoms with van der Waals surface area (Å²) in [5.74, 6) is -0.361. The highest BCUT2D eigenvalue weighted by Gasteiger charge is 2.17. The average molecular weight is 171 g/mol. The van der Waals surface area contributed by atoms with Crippen molar-refractivity contribution in [1.82, 2.24) is 5.32 Å². The number of hydrogen-bond donors (Lipinski definition) is 1. The number of carbonyl (C=O) groups is 1. The van der Waals surface area contributed by atoms with Crippen LogP contribution in [0.4, 0.5) is 0 Å². The van der Waals surface area contributed by atoms with Crippen LogP contribution in [0.25, 0.3) is 0 Å². The molecule has 4 heteroatoms. The summed E-state index contributed by atoms with van der Waals surface area (Å²) in [7, 11) is 1.35. The van der Waals surface area contributed by atoms with Crippen LogP contribution in [0.15, 0.2) is 12.2 Å². The van der Waals surface area contributed by atoms with Crippen molar-refractivity contribution in [1.29, 1.82) is 0 Å². The van der Waals surface area contributed by atoms with Crippen molar-refractivity contribution in [2.75, 3.05) is 13.7 Å². The van der Waals surface area contributed by atoms with E-state index in [1.807, 2.05) is 6.92 Å². The Morgan fingerprint density at radius 2 is 2.50 bits per heavy atom. The number of hydrogen-bond acceptors (Lipinski definition) is 4. The Morgan fingerprint density at radius 1 is 1.75 bits per heavy atom. The monoisotopic (exact) mass is 171 g/mol. The summed E-state index contributed by atoms with van der Waals surface area (Å²) in [4.78, 5) is 10.7. The lowest BCUT2D eigenvalue weighted by molar-refractivity contribution is -0.134. The van der Waals surface area contributed by atoms with Crippen molar-refractivity contribution in [3.05, 3.63) is 12.2 Å². The molecule has 1 fully saturated rings. The fraction of sp³-hybridized carbons (Fsp3) is 0.625. The summed E-state index contributed by atoms with van der Waals surface area (Å²) < 4.78 is 9.68. The number of ether oxygens (including phenoxy) is 2. The lowest BCUT2D eigenvalue weighted by Crippen LogP contribution is -2.26. The summed E-state index contributed by atoms with van der Waals surface area (Å²) in [6, 6.07) is 0.345. The van der Waals surface area contributed by atoms with Crippen LogP contribution >= 0.6 is 0 Å². The molecule has 1 N–H and O–H groups in total. The van der Waals surface area contributed by atoms with Crippen molar-refractivity contribution in [2.45, 2.75) is 19.2 Å². The maximum Gasteiger partial charge on any atom is 0.330 e. The van der Waals surface area contributed by atoms with Gasteiger partial charge in [-0.3, -0.25) is 5.32 Å². The van der Waals surface area contributed by atoms with Crippen LogP contribution < -0.4 is 5.32 Å². The van der Waals surface area contributed by atoms with Crippen molar-refractivity contribution in [2.24, 2.45) is 0 Å². The van der Waals surface area contributed by atoms with Gasteiger partial charge in [-0.05, 0) is 13.0 Å². The number of rotatable bonds is 2. The van der Waals surface area contributed by atoms with Gasteiger partial charge in [-0.1, -0.05) is 0 Å². The molecule has 0 aliphatic carbocycles. The first-order chi connectivity index (χ1) is 5.72. The van der Waals surface area contributed by atoms with E-state index in [0.717, 1.165) is 0 Å². The first-order valence-corrected chi connectivity index (χ1v) is 3.86. The second-order valence-electron chi connectivity index (χ2n) is 2.70. The van der Waals surface area contributed by atoms with Crippen molar-refractivity contribution < 1.29 is 14.3 Å². The molecule has 0 bridgehead atoms. The molecule has 68 valence electrons. The van der Waals surface area contributed by atoms with E-state index in [2.05, 4.69) is 10.1 Å². The van der Waals surface area contributed by atoms with Gasteiger partial charge in [0, 0.05) is 12.1 Å². The molecule has 0 saturated carbocycles. The maximum absolute atomic E-state index is 10.7. The highest BCUT2D eigenvalue weighted by Crippen LogP contribution is 2.02. The molecule has 1 aliphatic rings. The molecule has 1 heterocycles. The van der Waals surface area contributed by atoms with Gasteiger partial charge in [-0.15, -0.1) is 0 Å². The zero-order chi connectivity index (χ0) is 8.97. The fourth-order valence-electron chi connectivity index (χ4n) is 0.970. The Labute approximate surface area is 71.5 Å². The van der Waals surface area contributed by atoms with E-state index in [0.29, 0.717) is 12.6 Å². The average Bonchev–Trinajstić information content (AvgIpc) is 2.47. The number of carbonyl (C=O) groups excluding carboxylic acids is 1. The third-order valence-corrected chi connectivity index (χ3v) is 1.58. The van der Waals surface area contributed by atoms with E-state index in [1.165, 1.54) is 13.2 Å². The van der Waals surface area contributed by atoms with Gasteiger partial charge in [0.05, 0.1) is 13.7 Å². The highest BCUT2D eigenvalue weighted by molar-refractivity contribution is 5.81. The molecule has 2 atom stereocenters. The minimum Gasteiger partial charge on any atom is -0.466 e. The summed E-state index contributed by atoms with van der Waals surface area (Å²) >= 11 is 0. The van der Waals surface area contributed by atoms with Crippen LogP contribution in [-0.2, 0) is 14.3 Å². The lowest BCUT2D eigenvalue weighted by atomic mass is 10.4. The summed E-state index contributed by atoms with van der Waals surface area (Å²) in [6.07, 6.45) is 2.85. The van der Waals surface area contributed by atoms with Gasteiger partial charge < -0.3 is 9.47 Å². The van der Waals surface area contributed by atoms with Crippen LogP contribution in [0.3, 0.4) is 0 Å². The molecule has 0 aromatic rings. The second-order valence-corrected chi connectivity index (χ2v) is 2.70. The minimum atomic E-state index is -0.361. The van der Waals surface area contributed by atoms with Gasteiger partial charge in [0.2, 0.25) is 0 Å². The number of methoxy groups -OCH3 is 1. The summed E-state index contributed by atoms with van der Waals surface area (Å²) in [6.45, 7) is 2.70. The van der Waals surface area contributed by atoms with Crippen LogP contribution in [0.1, 0.15) is 6.92 Å². The van der Waals surface area contributed by atoms with Gasteiger partial charge >= 0.3 is 5.97 Å². The van der Waals surface area contributed by atoms with Crippen LogP contribution in [0.5, 0.6) is 0 Å². The van der Waals surface area contributed by atoms with Crippen molar-refractivity contribution >= 4 is 5.97 Å². The quantitative estimate of drug-likeness (QED) is 0.471. The molecule has 4 nitrogen and oxygen atoms in total. The number of esters is 1. The Kier molecular flexibility index (Phi) is 3.25. The molecule has 0 aromatic heterocycles. The van der Waals surface area contributed by atoms with Gasteiger partial charge in [0.1, 0.15) is 6.23 Å². The Balaban J connectivity index is 2.31. The molecule has 1 rings (SSSR count). The predicted molar refractivity (Wildman–Crippen MR) is 43.5 cm³/mol. The summed E-state index contributed by atoms with van der Waals surface area (Å²) in [5, 5.41) is 3.12. The molecule has 0 aromatic carbocycles. The van der Waals surface area contributed by atoms with Crippen molar-refractivity contribution in [3.8, 4) is 0 Å². The van der Waals surface area contributed by atoms with E-state index in [-0.39, 0.29) is 12.2 Å². The zero-order valence-corrected chi connectivity index (χ0v) is 7.24. The van der Waals surface area contributed by atoms with Crippen molar-refractivity contribution in [3.63, 3.8) is 0 Å². The van der Waals surface area contributed by atoms with Crippen LogP contribution in [0.2, 0.25) is 0 Å². The van der Waals surface area contributed by atoms with E-state index in [9.17, 15) is 4.79 Å². The Morgan fingerprint density at radius 3 is 3.00 bits per heavy atom. The van der Waals surface area contributed by atoms with E-state index < -0.39 is 0 Å². The third kappa shape index (κ3) is 2.64. The van der Waals surface area contributed by atoms with Gasteiger partial charge in [0.25, 0.3) is 0 Å². The first kappa shape index (κ1) is 9.22. The highest BCUT2D eigenvalue weighted by atomic mass is 16.5. The SMILES string of the molecule is COC(=O)C=CC1NC(C)CO1. The minimum absolute atomic E-state index is 0.154. The number of nitrogens with one attached hydrogen (secondary N) is 1. The molecule has 12 heavy (non-hydrogen) atoms. The fourth-order valence-corrected chi connectivity index (χ4v) is 0.970.